The van der Waals surface area contributed by atoms with E-state index in [1.165, 1.54) is 0 Å². The Balaban J connectivity index is 1.62. The lowest BCUT2D eigenvalue weighted by Crippen LogP contribution is -2.19. The standard InChI is InChI=1S/C23H20N4O4/c1-29-21-12-16-18(13-22(21)30-2)25-11-9-19(16)31-20-8-4-3-7-17(20)27-23(28)26-15-6-5-10-24-14-15/h3-14H,1-2H3,(H2,26,27,28). The van der Waals surface area contributed by atoms with E-state index >= 15 is 0 Å². The van der Waals surface area contributed by atoms with Crippen molar-refractivity contribution in [3.05, 3.63) is 73.2 Å². The van der Waals surface area contributed by atoms with Crippen molar-refractivity contribution in [1.29, 1.82) is 0 Å². The monoisotopic (exact) mass is 416 g/mol. The lowest BCUT2D eigenvalue weighted by Gasteiger charge is -2.15. The number of carbonyl (C=O) groups excluding carboxylic acids is 1. The van der Waals surface area contributed by atoms with Gasteiger partial charge in [0.2, 0.25) is 0 Å². The number of amides is 2. The number of methoxy groups -OCH3 is 2. The lowest BCUT2D eigenvalue weighted by atomic mass is 10.1. The van der Waals surface area contributed by atoms with Crippen LogP contribution in [-0.2, 0) is 0 Å². The van der Waals surface area contributed by atoms with Gasteiger partial charge in [0.25, 0.3) is 0 Å². The molecule has 0 atom stereocenters. The maximum Gasteiger partial charge on any atom is 0.323 e. The number of nitrogens with zero attached hydrogens (tertiary/aromatic N) is 2. The number of anilines is 2. The third-order valence-electron chi connectivity index (χ3n) is 4.48. The van der Waals surface area contributed by atoms with Gasteiger partial charge in [-0.2, -0.15) is 0 Å². The van der Waals surface area contributed by atoms with Crippen LogP contribution in [0.5, 0.6) is 23.0 Å². The van der Waals surface area contributed by atoms with Crippen LogP contribution in [0.4, 0.5) is 16.2 Å². The van der Waals surface area contributed by atoms with E-state index < -0.39 is 6.03 Å². The van der Waals surface area contributed by atoms with E-state index in [1.54, 1.807) is 69.2 Å². The Bertz CT molecular complexity index is 1210. The second kappa shape index (κ2) is 9.00. The molecule has 8 heteroatoms. The molecule has 2 aromatic heterocycles. The van der Waals surface area contributed by atoms with E-state index in [0.717, 1.165) is 5.39 Å². The van der Waals surface area contributed by atoms with Crippen LogP contribution < -0.4 is 24.8 Å². The largest absolute Gasteiger partial charge is 0.493 e. The van der Waals surface area contributed by atoms with Crippen molar-refractivity contribution in [2.75, 3.05) is 24.9 Å². The number of rotatable bonds is 6. The van der Waals surface area contributed by atoms with Crippen LogP contribution >= 0.6 is 0 Å². The average molecular weight is 416 g/mol. The van der Waals surface area contributed by atoms with Crippen molar-refractivity contribution in [3.63, 3.8) is 0 Å². The van der Waals surface area contributed by atoms with Crippen molar-refractivity contribution in [1.82, 2.24) is 9.97 Å². The van der Waals surface area contributed by atoms with Gasteiger partial charge in [-0.3, -0.25) is 9.97 Å². The van der Waals surface area contributed by atoms with E-state index in [2.05, 4.69) is 20.6 Å². The van der Waals surface area contributed by atoms with Crippen LogP contribution in [0.15, 0.2) is 73.2 Å². The molecule has 0 unspecified atom stereocenters. The van der Waals surface area contributed by atoms with Gasteiger partial charge in [-0.05, 0) is 36.4 Å². The summed E-state index contributed by atoms with van der Waals surface area (Å²) in [4.78, 5) is 20.8. The second-order valence-electron chi connectivity index (χ2n) is 6.45. The first-order valence-corrected chi connectivity index (χ1v) is 9.43. The number of aromatic nitrogens is 2. The van der Waals surface area contributed by atoms with Crippen LogP contribution in [0.1, 0.15) is 0 Å². The molecule has 0 radical (unpaired) electrons. The Hall–Kier alpha value is -4.33. The van der Waals surface area contributed by atoms with Crippen LogP contribution in [0.2, 0.25) is 0 Å². The quantitative estimate of drug-likeness (QED) is 0.455. The Morgan fingerprint density at radius 2 is 1.65 bits per heavy atom. The summed E-state index contributed by atoms with van der Waals surface area (Å²) in [6, 6.07) is 15.6. The summed E-state index contributed by atoms with van der Waals surface area (Å²) >= 11 is 0. The van der Waals surface area contributed by atoms with Crippen molar-refractivity contribution in [2.45, 2.75) is 0 Å². The highest BCUT2D eigenvalue weighted by molar-refractivity contribution is 6.00. The normalized spacial score (nSPS) is 10.4. The summed E-state index contributed by atoms with van der Waals surface area (Å²) in [5.41, 5.74) is 1.78. The minimum absolute atomic E-state index is 0.407. The number of fused-ring (bicyclic) bond motifs is 1. The SMILES string of the molecule is COc1cc2nccc(Oc3ccccc3NC(=O)Nc3cccnc3)c2cc1OC. The van der Waals surface area contributed by atoms with Gasteiger partial charge >= 0.3 is 6.03 Å². The number of nitrogens with one attached hydrogen (secondary N) is 2. The smallest absolute Gasteiger partial charge is 0.323 e. The zero-order chi connectivity index (χ0) is 21.6. The molecule has 0 saturated carbocycles. The molecular formula is C23H20N4O4. The maximum absolute atomic E-state index is 12.4. The molecule has 4 rings (SSSR count). The Kier molecular flexibility index (Phi) is 5.79. The van der Waals surface area contributed by atoms with Gasteiger partial charge in [0.15, 0.2) is 17.2 Å². The van der Waals surface area contributed by atoms with Gasteiger partial charge in [-0.25, -0.2) is 4.79 Å². The number of para-hydroxylation sites is 2. The molecular weight excluding hydrogens is 396 g/mol. The molecule has 0 aliphatic rings. The highest BCUT2D eigenvalue weighted by Crippen LogP contribution is 2.38. The minimum atomic E-state index is -0.407. The second-order valence-corrected chi connectivity index (χ2v) is 6.45. The van der Waals surface area contributed by atoms with Gasteiger partial charge in [-0.1, -0.05) is 12.1 Å². The molecule has 0 fully saturated rings. The molecule has 8 nitrogen and oxygen atoms in total. The summed E-state index contributed by atoms with van der Waals surface area (Å²) in [6.45, 7) is 0. The maximum atomic E-state index is 12.4. The summed E-state index contributed by atoms with van der Waals surface area (Å²) in [6.07, 6.45) is 4.84. The van der Waals surface area contributed by atoms with Crippen molar-refractivity contribution in [3.8, 4) is 23.0 Å². The van der Waals surface area contributed by atoms with Gasteiger partial charge < -0.3 is 24.8 Å². The number of benzene rings is 2. The molecule has 0 bridgehead atoms. The highest BCUT2D eigenvalue weighted by atomic mass is 16.5. The Labute approximate surface area is 178 Å². The predicted molar refractivity (Wildman–Crippen MR) is 118 cm³/mol. The average Bonchev–Trinajstić information content (AvgIpc) is 2.80. The number of hydrogen-bond donors (Lipinski definition) is 2. The molecule has 31 heavy (non-hydrogen) atoms. The minimum Gasteiger partial charge on any atom is -0.493 e. The van der Waals surface area contributed by atoms with Gasteiger partial charge in [0.1, 0.15) is 5.75 Å². The van der Waals surface area contributed by atoms with E-state index in [1.807, 2.05) is 18.2 Å². The van der Waals surface area contributed by atoms with Gasteiger partial charge in [-0.15, -0.1) is 0 Å². The number of urea groups is 1. The first-order valence-electron chi connectivity index (χ1n) is 9.43. The molecule has 2 aromatic carbocycles. The third kappa shape index (κ3) is 4.48. The number of pyridine rings is 2. The Morgan fingerprint density at radius 3 is 2.42 bits per heavy atom. The summed E-state index contributed by atoms with van der Waals surface area (Å²) < 4.78 is 16.9. The Morgan fingerprint density at radius 1 is 0.839 bits per heavy atom. The fourth-order valence-corrected chi connectivity index (χ4v) is 3.04. The molecule has 2 N–H and O–H groups in total. The number of carbonyl (C=O) groups is 1. The van der Waals surface area contributed by atoms with Crippen LogP contribution in [-0.4, -0.2) is 30.2 Å². The van der Waals surface area contributed by atoms with E-state index in [0.29, 0.717) is 39.9 Å². The summed E-state index contributed by atoms with van der Waals surface area (Å²) in [5, 5.41) is 6.28. The van der Waals surface area contributed by atoms with E-state index in [-0.39, 0.29) is 0 Å². The first kappa shape index (κ1) is 20.0. The van der Waals surface area contributed by atoms with Gasteiger partial charge in [0.05, 0.1) is 37.3 Å². The third-order valence-corrected chi connectivity index (χ3v) is 4.48. The molecule has 2 heterocycles. The van der Waals surface area contributed by atoms with E-state index in [9.17, 15) is 4.79 Å². The molecule has 4 aromatic rings. The first-order chi connectivity index (χ1) is 15.2. The number of hydrogen-bond acceptors (Lipinski definition) is 6. The fourth-order valence-electron chi connectivity index (χ4n) is 3.04. The molecule has 2 amide bonds. The van der Waals surface area contributed by atoms with E-state index in [4.69, 9.17) is 14.2 Å². The highest BCUT2D eigenvalue weighted by Gasteiger charge is 2.13. The van der Waals surface area contributed by atoms with Crippen LogP contribution in [0.3, 0.4) is 0 Å². The molecule has 0 spiro atoms. The topological polar surface area (TPSA) is 94.6 Å². The zero-order valence-electron chi connectivity index (χ0n) is 17.0. The van der Waals surface area contributed by atoms with Crippen molar-refractivity contribution in [2.24, 2.45) is 0 Å². The molecule has 0 aliphatic carbocycles. The molecule has 0 saturated heterocycles. The van der Waals surface area contributed by atoms with Crippen molar-refractivity contribution < 1.29 is 19.0 Å². The van der Waals surface area contributed by atoms with Gasteiger partial charge in [0, 0.05) is 23.8 Å². The summed E-state index contributed by atoms with van der Waals surface area (Å²) in [7, 11) is 3.14. The fraction of sp³-hybridized carbons (Fsp3) is 0.0870. The zero-order valence-corrected chi connectivity index (χ0v) is 17.0. The molecule has 0 aliphatic heterocycles. The van der Waals surface area contributed by atoms with Crippen LogP contribution in [0.25, 0.3) is 10.9 Å². The number of ether oxygens (including phenoxy) is 3. The summed E-state index contributed by atoms with van der Waals surface area (Å²) in [5.74, 6) is 2.18. The van der Waals surface area contributed by atoms with Crippen molar-refractivity contribution >= 4 is 28.3 Å². The molecule has 156 valence electrons. The lowest BCUT2D eigenvalue weighted by molar-refractivity contribution is 0.262. The van der Waals surface area contributed by atoms with Crippen LogP contribution in [0, 0.1) is 0 Å². The predicted octanol–water partition coefficient (Wildman–Crippen LogP) is 5.08.